The zero-order chi connectivity index (χ0) is 7.90. The Bertz CT molecular complexity index is 146. The second-order valence-corrected chi connectivity index (χ2v) is 4.05. The first-order valence-electron chi connectivity index (χ1n) is 4.70. The van der Waals surface area contributed by atoms with Crippen LogP contribution in [0.5, 0.6) is 0 Å². The maximum Gasteiger partial charge on any atom is 0.0786 e. The van der Waals surface area contributed by atoms with Gasteiger partial charge in [-0.3, -0.25) is 4.90 Å². The minimum absolute atomic E-state index is 0.342. The van der Waals surface area contributed by atoms with Crippen LogP contribution < -0.4 is 0 Å². The first kappa shape index (κ1) is 7.56. The van der Waals surface area contributed by atoms with Gasteiger partial charge in [0, 0.05) is 12.6 Å². The molecule has 2 fully saturated rings. The molecule has 0 bridgehead atoms. The zero-order valence-corrected chi connectivity index (χ0v) is 7.21. The quantitative estimate of drug-likeness (QED) is 0.610. The second kappa shape index (κ2) is 2.46. The Balaban J connectivity index is 2.04. The van der Waals surface area contributed by atoms with E-state index in [1.165, 1.54) is 19.4 Å². The number of aliphatic hydroxyl groups is 1. The second-order valence-electron chi connectivity index (χ2n) is 4.05. The summed E-state index contributed by atoms with van der Waals surface area (Å²) in [6, 6.07) is 0.708. The largest absolute Gasteiger partial charge is 0.389 e. The zero-order valence-electron chi connectivity index (χ0n) is 7.21. The fraction of sp³-hybridized carbons (Fsp3) is 1.00. The molecule has 0 amide bonds. The summed E-state index contributed by atoms with van der Waals surface area (Å²) in [4.78, 5) is 2.45. The molecule has 2 atom stereocenters. The van der Waals surface area contributed by atoms with E-state index >= 15 is 0 Å². The van der Waals surface area contributed by atoms with E-state index in [-0.39, 0.29) is 5.60 Å². The molecule has 2 unspecified atom stereocenters. The van der Waals surface area contributed by atoms with Crippen LogP contribution in [0, 0.1) is 0 Å². The maximum atomic E-state index is 9.96. The van der Waals surface area contributed by atoms with Crippen molar-refractivity contribution in [1.29, 1.82) is 0 Å². The van der Waals surface area contributed by atoms with Crippen LogP contribution in [0.25, 0.3) is 0 Å². The molecule has 2 heteroatoms. The number of rotatable bonds is 1. The van der Waals surface area contributed by atoms with E-state index in [0.29, 0.717) is 6.04 Å². The first-order valence-corrected chi connectivity index (χ1v) is 4.70. The molecule has 0 radical (unpaired) electrons. The minimum Gasteiger partial charge on any atom is -0.389 e. The predicted molar refractivity (Wildman–Crippen MR) is 44.5 cm³/mol. The van der Waals surface area contributed by atoms with Crippen molar-refractivity contribution in [1.82, 2.24) is 4.90 Å². The summed E-state index contributed by atoms with van der Waals surface area (Å²) in [5, 5.41) is 9.96. The smallest absolute Gasteiger partial charge is 0.0786 e. The standard InChI is InChI=1S/C9H17NO/c1-2-9(11)6-8-4-3-5-10(8)7-9/h8,11H,2-7H2,1H3. The van der Waals surface area contributed by atoms with Crippen molar-refractivity contribution in [2.75, 3.05) is 13.1 Å². The molecule has 11 heavy (non-hydrogen) atoms. The molecule has 1 N–H and O–H groups in total. The third-order valence-electron chi connectivity index (χ3n) is 3.27. The van der Waals surface area contributed by atoms with Gasteiger partial charge >= 0.3 is 0 Å². The fourth-order valence-electron chi connectivity index (χ4n) is 2.47. The van der Waals surface area contributed by atoms with E-state index in [1.54, 1.807) is 0 Å². The molecule has 0 aliphatic carbocycles. The molecule has 0 aromatic heterocycles. The van der Waals surface area contributed by atoms with E-state index in [4.69, 9.17) is 0 Å². The minimum atomic E-state index is -0.342. The summed E-state index contributed by atoms with van der Waals surface area (Å²) in [5.74, 6) is 0. The summed E-state index contributed by atoms with van der Waals surface area (Å²) in [6.45, 7) is 4.23. The number of hydrogen-bond donors (Lipinski definition) is 1. The molecular formula is C9H17NO. The van der Waals surface area contributed by atoms with Crippen LogP contribution in [-0.2, 0) is 0 Å². The van der Waals surface area contributed by atoms with Crippen LogP contribution in [0.4, 0.5) is 0 Å². The number of fused-ring (bicyclic) bond motifs is 1. The average molecular weight is 155 g/mol. The van der Waals surface area contributed by atoms with Gasteiger partial charge in [-0.25, -0.2) is 0 Å². The highest BCUT2D eigenvalue weighted by atomic mass is 16.3. The lowest BCUT2D eigenvalue weighted by Crippen LogP contribution is -2.32. The SMILES string of the molecule is CCC1(O)CC2CCCN2C1. The highest BCUT2D eigenvalue weighted by Gasteiger charge is 2.42. The van der Waals surface area contributed by atoms with Crippen molar-refractivity contribution in [3.63, 3.8) is 0 Å². The lowest BCUT2D eigenvalue weighted by atomic mass is 9.96. The van der Waals surface area contributed by atoms with Crippen LogP contribution in [0.3, 0.4) is 0 Å². The fourth-order valence-corrected chi connectivity index (χ4v) is 2.47. The van der Waals surface area contributed by atoms with Gasteiger partial charge in [0.15, 0.2) is 0 Å². The molecule has 2 saturated heterocycles. The third-order valence-corrected chi connectivity index (χ3v) is 3.27. The Labute approximate surface area is 68.2 Å². The summed E-state index contributed by atoms with van der Waals surface area (Å²) in [6.07, 6.45) is 4.58. The summed E-state index contributed by atoms with van der Waals surface area (Å²) >= 11 is 0. The highest BCUT2D eigenvalue weighted by molar-refractivity contribution is 4.98. The molecule has 0 saturated carbocycles. The van der Waals surface area contributed by atoms with Crippen molar-refractivity contribution in [2.45, 2.75) is 44.2 Å². The molecule has 0 aromatic rings. The molecule has 2 aliphatic heterocycles. The van der Waals surface area contributed by atoms with Crippen LogP contribution >= 0.6 is 0 Å². The predicted octanol–water partition coefficient (Wildman–Crippen LogP) is 0.996. The van der Waals surface area contributed by atoms with Crippen LogP contribution in [0.15, 0.2) is 0 Å². The number of hydrogen-bond acceptors (Lipinski definition) is 2. The molecule has 2 aliphatic rings. The molecule has 64 valence electrons. The normalized spacial score (nSPS) is 44.7. The maximum absolute atomic E-state index is 9.96. The highest BCUT2D eigenvalue weighted by Crippen LogP contribution is 2.35. The lowest BCUT2D eigenvalue weighted by molar-refractivity contribution is 0.0445. The van der Waals surface area contributed by atoms with Crippen molar-refractivity contribution >= 4 is 0 Å². The molecular weight excluding hydrogens is 138 g/mol. The van der Waals surface area contributed by atoms with Gasteiger partial charge in [-0.1, -0.05) is 6.92 Å². The molecule has 0 spiro atoms. The van der Waals surface area contributed by atoms with E-state index in [2.05, 4.69) is 11.8 Å². The Kier molecular flexibility index (Phi) is 1.69. The summed E-state index contributed by atoms with van der Waals surface area (Å²) < 4.78 is 0. The van der Waals surface area contributed by atoms with E-state index < -0.39 is 0 Å². The van der Waals surface area contributed by atoms with E-state index in [0.717, 1.165) is 19.4 Å². The first-order chi connectivity index (χ1) is 5.23. The monoisotopic (exact) mass is 155 g/mol. The Morgan fingerprint density at radius 3 is 3.09 bits per heavy atom. The van der Waals surface area contributed by atoms with Gasteiger partial charge in [0.1, 0.15) is 0 Å². The van der Waals surface area contributed by atoms with Gasteiger partial charge in [0.05, 0.1) is 5.60 Å². The van der Waals surface area contributed by atoms with Crippen LogP contribution in [0.2, 0.25) is 0 Å². The summed E-state index contributed by atoms with van der Waals surface area (Å²) in [5.41, 5.74) is -0.342. The van der Waals surface area contributed by atoms with Crippen molar-refractivity contribution in [3.8, 4) is 0 Å². The van der Waals surface area contributed by atoms with E-state index in [1.807, 2.05) is 0 Å². The van der Waals surface area contributed by atoms with Gasteiger partial charge in [-0.2, -0.15) is 0 Å². The Hall–Kier alpha value is -0.0800. The van der Waals surface area contributed by atoms with Gasteiger partial charge < -0.3 is 5.11 Å². The molecule has 2 rings (SSSR count). The van der Waals surface area contributed by atoms with Crippen molar-refractivity contribution in [3.05, 3.63) is 0 Å². The number of nitrogens with zero attached hydrogens (tertiary/aromatic N) is 1. The molecule has 2 nitrogen and oxygen atoms in total. The van der Waals surface area contributed by atoms with Gasteiger partial charge in [0.25, 0.3) is 0 Å². The van der Waals surface area contributed by atoms with Crippen molar-refractivity contribution in [2.24, 2.45) is 0 Å². The lowest BCUT2D eigenvalue weighted by Gasteiger charge is -2.20. The van der Waals surface area contributed by atoms with Crippen LogP contribution in [0.1, 0.15) is 32.6 Å². The third kappa shape index (κ3) is 1.18. The van der Waals surface area contributed by atoms with Gasteiger partial charge in [0.2, 0.25) is 0 Å². The van der Waals surface area contributed by atoms with E-state index in [9.17, 15) is 5.11 Å². The topological polar surface area (TPSA) is 23.5 Å². The van der Waals surface area contributed by atoms with Crippen molar-refractivity contribution < 1.29 is 5.11 Å². The Morgan fingerprint density at radius 1 is 1.64 bits per heavy atom. The average Bonchev–Trinajstić information content (AvgIpc) is 2.46. The molecule has 0 aromatic carbocycles. The van der Waals surface area contributed by atoms with Gasteiger partial charge in [-0.05, 0) is 32.2 Å². The Morgan fingerprint density at radius 2 is 2.45 bits per heavy atom. The van der Waals surface area contributed by atoms with Gasteiger partial charge in [-0.15, -0.1) is 0 Å². The molecule has 2 heterocycles. The van der Waals surface area contributed by atoms with Crippen LogP contribution in [-0.4, -0.2) is 34.7 Å². The summed E-state index contributed by atoms with van der Waals surface area (Å²) in [7, 11) is 0.